The highest BCUT2D eigenvalue weighted by atomic mass is 19.1. The van der Waals surface area contributed by atoms with Gasteiger partial charge in [0.2, 0.25) is 5.89 Å². The third-order valence-electron chi connectivity index (χ3n) is 3.85. The Bertz CT molecular complexity index is 832. The molecule has 1 aromatic carbocycles. The smallest absolute Gasteiger partial charge is 0.339 e. The first-order chi connectivity index (χ1) is 12.6. The first-order valence-corrected chi connectivity index (χ1v) is 8.03. The minimum Gasteiger partial charge on any atom is -0.488 e. The molecule has 1 unspecified atom stereocenters. The van der Waals surface area contributed by atoms with Gasteiger partial charge >= 0.3 is 6.03 Å². The van der Waals surface area contributed by atoms with Gasteiger partial charge in [-0.25, -0.2) is 14.2 Å². The number of aromatic nitrogens is 1. The number of halogens is 1. The molecule has 0 aliphatic heterocycles. The van der Waals surface area contributed by atoms with Crippen molar-refractivity contribution in [2.75, 3.05) is 6.61 Å². The van der Waals surface area contributed by atoms with Gasteiger partial charge in [0.05, 0.1) is 0 Å². The van der Waals surface area contributed by atoms with Crippen LogP contribution in [-0.2, 0) is 4.74 Å². The summed E-state index contributed by atoms with van der Waals surface area (Å²) in [6, 6.07) is 7.00. The van der Waals surface area contributed by atoms with Crippen molar-refractivity contribution in [3.8, 4) is 11.3 Å². The van der Waals surface area contributed by atoms with E-state index >= 15 is 0 Å². The molecule has 3 rings (SSSR count). The largest absolute Gasteiger partial charge is 0.488 e. The molecular formula is C18H18FN3O4. The van der Waals surface area contributed by atoms with Crippen molar-refractivity contribution in [3.63, 3.8) is 0 Å². The van der Waals surface area contributed by atoms with Crippen molar-refractivity contribution in [1.82, 2.24) is 10.0 Å². The van der Waals surface area contributed by atoms with Gasteiger partial charge in [0.1, 0.15) is 18.6 Å². The Hall–Kier alpha value is -3.13. The normalized spacial score (nSPS) is 15.0. The average molecular weight is 359 g/mol. The number of benzene rings is 1. The minimum absolute atomic E-state index is 0.0194. The van der Waals surface area contributed by atoms with Gasteiger partial charge in [-0.15, -0.1) is 0 Å². The summed E-state index contributed by atoms with van der Waals surface area (Å²) in [5.41, 5.74) is 6.46. The van der Waals surface area contributed by atoms with E-state index in [2.05, 4.69) is 4.98 Å². The maximum absolute atomic E-state index is 13.7. The van der Waals surface area contributed by atoms with Gasteiger partial charge in [0.15, 0.2) is 17.6 Å². The Morgan fingerprint density at radius 1 is 1.35 bits per heavy atom. The second kappa shape index (κ2) is 7.83. The number of nitrogens with zero attached hydrogens (tertiary/aromatic N) is 2. The van der Waals surface area contributed by atoms with E-state index in [1.165, 1.54) is 12.3 Å². The molecule has 8 heteroatoms. The first kappa shape index (κ1) is 17.7. The zero-order valence-corrected chi connectivity index (χ0v) is 13.8. The highest BCUT2D eigenvalue weighted by Crippen LogP contribution is 2.27. The summed E-state index contributed by atoms with van der Waals surface area (Å²) in [5.74, 6) is -0.421. The monoisotopic (exact) mass is 359 g/mol. The summed E-state index contributed by atoms with van der Waals surface area (Å²) in [6.45, 7) is -0.277. The maximum Gasteiger partial charge on any atom is 0.339 e. The van der Waals surface area contributed by atoms with Gasteiger partial charge in [0.25, 0.3) is 0 Å². The quantitative estimate of drug-likeness (QED) is 0.605. The molecule has 0 saturated heterocycles. The fourth-order valence-electron chi connectivity index (χ4n) is 2.50. The highest BCUT2D eigenvalue weighted by Gasteiger charge is 2.29. The van der Waals surface area contributed by atoms with E-state index in [-0.39, 0.29) is 23.3 Å². The molecule has 0 radical (unpaired) electrons. The summed E-state index contributed by atoms with van der Waals surface area (Å²) in [6.07, 6.45) is 5.64. The van der Waals surface area contributed by atoms with Gasteiger partial charge in [-0.1, -0.05) is 30.3 Å². The standard InChI is InChI=1S/C18H18FN3O4/c19-13-8-4-5-9-16(13)25-11-15(22(24)18(20)23)17-21-14(10-26-17)12-6-2-1-3-7-12/h1-3,6-10,15,24H,4-5,11H2,(H2,20,23). The predicted molar refractivity (Wildman–Crippen MR) is 90.3 cm³/mol. The second-order valence-electron chi connectivity index (χ2n) is 5.64. The number of oxazole rings is 1. The molecule has 3 N–H and O–H groups in total. The maximum atomic E-state index is 13.7. The van der Waals surface area contributed by atoms with E-state index in [4.69, 9.17) is 14.9 Å². The summed E-state index contributed by atoms with van der Waals surface area (Å²) in [7, 11) is 0. The third kappa shape index (κ3) is 3.92. The van der Waals surface area contributed by atoms with Crippen LogP contribution in [0, 0.1) is 0 Å². The van der Waals surface area contributed by atoms with Crippen LogP contribution < -0.4 is 5.73 Å². The number of rotatable bonds is 6. The third-order valence-corrected chi connectivity index (χ3v) is 3.85. The summed E-state index contributed by atoms with van der Waals surface area (Å²) in [5, 5.41) is 10.2. The summed E-state index contributed by atoms with van der Waals surface area (Å²) < 4.78 is 24.5. The number of hydrogen-bond acceptors (Lipinski definition) is 5. The van der Waals surface area contributed by atoms with E-state index in [1.54, 1.807) is 6.08 Å². The fourth-order valence-corrected chi connectivity index (χ4v) is 2.50. The SMILES string of the molecule is NC(=O)N(O)C(COC1=CCCC=C1F)c1nc(-c2ccccc2)co1. The van der Waals surface area contributed by atoms with E-state index in [0.717, 1.165) is 5.56 Å². The zero-order valence-electron chi connectivity index (χ0n) is 13.8. The van der Waals surface area contributed by atoms with Gasteiger partial charge in [-0.05, 0) is 25.0 Å². The van der Waals surface area contributed by atoms with Crippen LogP contribution in [0.3, 0.4) is 0 Å². The van der Waals surface area contributed by atoms with Crippen molar-refractivity contribution < 1.29 is 23.5 Å². The summed E-state index contributed by atoms with van der Waals surface area (Å²) >= 11 is 0. The van der Waals surface area contributed by atoms with Crippen LogP contribution in [0.15, 0.2) is 64.8 Å². The van der Waals surface area contributed by atoms with Crippen molar-refractivity contribution in [2.45, 2.75) is 18.9 Å². The second-order valence-corrected chi connectivity index (χ2v) is 5.64. The number of hydrogen-bond donors (Lipinski definition) is 2. The molecule has 26 heavy (non-hydrogen) atoms. The molecule has 1 aliphatic rings. The summed E-state index contributed by atoms with van der Waals surface area (Å²) in [4.78, 5) is 15.7. The van der Waals surface area contributed by atoms with Crippen LogP contribution in [-0.4, -0.2) is 27.9 Å². The Morgan fingerprint density at radius 3 is 2.77 bits per heavy atom. The van der Waals surface area contributed by atoms with E-state index in [1.807, 2.05) is 30.3 Å². The molecule has 2 amide bonds. The van der Waals surface area contributed by atoms with Crippen LogP contribution >= 0.6 is 0 Å². The highest BCUT2D eigenvalue weighted by molar-refractivity contribution is 5.71. The van der Waals surface area contributed by atoms with Crippen LogP contribution in [0.25, 0.3) is 11.3 Å². The molecule has 0 bridgehead atoms. The molecule has 2 aromatic rings. The molecule has 1 aliphatic carbocycles. The number of hydroxylamine groups is 2. The number of ether oxygens (including phenoxy) is 1. The van der Waals surface area contributed by atoms with Crippen LogP contribution in [0.2, 0.25) is 0 Å². The fraction of sp³-hybridized carbons (Fsp3) is 0.222. The van der Waals surface area contributed by atoms with E-state index in [9.17, 15) is 14.4 Å². The number of nitrogens with two attached hydrogens (primary N) is 1. The molecule has 1 atom stereocenters. The van der Waals surface area contributed by atoms with Gasteiger partial charge in [-0.2, -0.15) is 5.06 Å². The number of carbonyl (C=O) groups excluding carboxylic acids is 1. The topological polar surface area (TPSA) is 102 Å². The van der Waals surface area contributed by atoms with Gasteiger partial charge in [0, 0.05) is 5.56 Å². The molecule has 0 saturated carbocycles. The lowest BCUT2D eigenvalue weighted by atomic mass is 10.1. The Labute approximate surface area is 149 Å². The predicted octanol–water partition coefficient (Wildman–Crippen LogP) is 3.70. The molecule has 7 nitrogen and oxygen atoms in total. The molecule has 0 fully saturated rings. The average Bonchev–Trinajstić information content (AvgIpc) is 3.13. The van der Waals surface area contributed by atoms with Crippen LogP contribution in [0.5, 0.6) is 0 Å². The Balaban J connectivity index is 1.80. The van der Waals surface area contributed by atoms with Crippen molar-refractivity contribution in [2.24, 2.45) is 5.73 Å². The lowest BCUT2D eigenvalue weighted by Crippen LogP contribution is -2.38. The van der Waals surface area contributed by atoms with Gasteiger partial charge < -0.3 is 14.9 Å². The van der Waals surface area contributed by atoms with E-state index < -0.39 is 17.9 Å². The number of carbonyl (C=O) groups is 1. The number of amides is 2. The lowest BCUT2D eigenvalue weighted by molar-refractivity contribution is -0.0996. The van der Waals surface area contributed by atoms with Gasteiger partial charge in [-0.3, -0.25) is 5.21 Å². The molecule has 1 heterocycles. The minimum atomic E-state index is -1.12. The molecule has 136 valence electrons. The number of urea groups is 1. The van der Waals surface area contributed by atoms with E-state index in [0.29, 0.717) is 18.5 Å². The van der Waals surface area contributed by atoms with Crippen molar-refractivity contribution in [3.05, 3.63) is 66.2 Å². The zero-order chi connectivity index (χ0) is 18.5. The Kier molecular flexibility index (Phi) is 5.33. The van der Waals surface area contributed by atoms with Crippen molar-refractivity contribution >= 4 is 6.03 Å². The number of primary amides is 1. The Morgan fingerprint density at radius 2 is 2.08 bits per heavy atom. The van der Waals surface area contributed by atoms with Crippen LogP contribution in [0.1, 0.15) is 24.8 Å². The van der Waals surface area contributed by atoms with Crippen molar-refractivity contribution in [1.29, 1.82) is 0 Å². The lowest BCUT2D eigenvalue weighted by Gasteiger charge is -2.22. The number of allylic oxidation sites excluding steroid dienone is 3. The molecular weight excluding hydrogens is 341 g/mol. The van der Waals surface area contributed by atoms with Crippen LogP contribution in [0.4, 0.5) is 9.18 Å². The first-order valence-electron chi connectivity index (χ1n) is 8.03. The molecule has 0 spiro atoms. The molecule has 1 aromatic heterocycles.